The summed E-state index contributed by atoms with van der Waals surface area (Å²) >= 11 is 0. The molecule has 0 aliphatic carbocycles. The Balaban J connectivity index is 1.93. The van der Waals surface area contributed by atoms with E-state index in [2.05, 4.69) is 0 Å². The van der Waals surface area contributed by atoms with Gasteiger partial charge in [-0.15, -0.1) is 0 Å². The second-order valence-electron chi connectivity index (χ2n) is 5.33. The molecule has 6 nitrogen and oxygen atoms in total. The van der Waals surface area contributed by atoms with Crippen LogP contribution in [0.2, 0.25) is 0 Å². The first-order chi connectivity index (χ1) is 9.05. The summed E-state index contributed by atoms with van der Waals surface area (Å²) in [6, 6.07) is 0. The van der Waals surface area contributed by atoms with Crippen LogP contribution < -0.4 is 0 Å². The summed E-state index contributed by atoms with van der Waals surface area (Å²) in [7, 11) is 1.58. The van der Waals surface area contributed by atoms with E-state index in [1.54, 1.807) is 7.11 Å². The fraction of sp³-hybridized carbons (Fsp3) is 0.923. The number of rotatable bonds is 6. The molecular weight excluding hydrogens is 252 g/mol. The smallest absolute Gasteiger partial charge is 0.163 e. The van der Waals surface area contributed by atoms with Crippen molar-refractivity contribution < 1.29 is 28.5 Å². The van der Waals surface area contributed by atoms with Gasteiger partial charge in [-0.05, 0) is 20.3 Å². The molecule has 2 aliphatic heterocycles. The predicted molar refractivity (Wildman–Crippen MR) is 65.6 cm³/mol. The van der Waals surface area contributed by atoms with Gasteiger partial charge in [-0.2, -0.15) is 0 Å². The molecule has 4 atom stereocenters. The van der Waals surface area contributed by atoms with E-state index in [1.165, 1.54) is 0 Å². The fourth-order valence-corrected chi connectivity index (χ4v) is 2.61. The van der Waals surface area contributed by atoms with Gasteiger partial charge >= 0.3 is 0 Å². The molecule has 2 aliphatic rings. The van der Waals surface area contributed by atoms with Gasteiger partial charge in [0.25, 0.3) is 0 Å². The summed E-state index contributed by atoms with van der Waals surface area (Å²) in [5.74, 6) is -0.623. The SMILES string of the molecule is COCOCC[C@H]1O[C@H](C=O)C[C@@H]2OC(C)(C)O[C@@H]21. The molecule has 2 saturated heterocycles. The van der Waals surface area contributed by atoms with Crippen molar-refractivity contribution in [3.63, 3.8) is 0 Å². The standard InChI is InChI=1S/C13H22O6/c1-13(2)18-11-6-9(7-14)17-10(12(11)19-13)4-5-16-8-15-3/h7,9-12H,4-6,8H2,1-3H3/t9-,10+,11-,12+/m0/s1. The lowest BCUT2D eigenvalue weighted by atomic mass is 9.97. The van der Waals surface area contributed by atoms with Gasteiger partial charge in [0.15, 0.2) is 5.79 Å². The summed E-state index contributed by atoms with van der Waals surface area (Å²) in [5, 5.41) is 0. The van der Waals surface area contributed by atoms with Crippen molar-refractivity contribution in [1.82, 2.24) is 0 Å². The Kier molecular flexibility index (Phi) is 4.92. The number of aldehydes is 1. The normalized spacial score (nSPS) is 37.0. The molecule has 2 fully saturated rings. The van der Waals surface area contributed by atoms with Crippen molar-refractivity contribution in [3.8, 4) is 0 Å². The second kappa shape index (κ2) is 6.28. The Morgan fingerprint density at radius 1 is 1.37 bits per heavy atom. The van der Waals surface area contributed by atoms with Crippen molar-refractivity contribution in [3.05, 3.63) is 0 Å². The zero-order valence-corrected chi connectivity index (χ0v) is 11.7. The van der Waals surface area contributed by atoms with Crippen LogP contribution in [-0.2, 0) is 28.5 Å². The van der Waals surface area contributed by atoms with Crippen LogP contribution in [0.4, 0.5) is 0 Å². The maximum absolute atomic E-state index is 11.0. The molecule has 19 heavy (non-hydrogen) atoms. The predicted octanol–water partition coefficient (Wildman–Crippen LogP) is 0.873. The quantitative estimate of drug-likeness (QED) is 0.407. The zero-order chi connectivity index (χ0) is 13.9. The van der Waals surface area contributed by atoms with Crippen LogP contribution in [0.5, 0.6) is 0 Å². The molecule has 0 unspecified atom stereocenters. The van der Waals surface area contributed by atoms with Crippen molar-refractivity contribution >= 4 is 6.29 Å². The van der Waals surface area contributed by atoms with E-state index >= 15 is 0 Å². The van der Waals surface area contributed by atoms with E-state index in [-0.39, 0.29) is 25.1 Å². The molecular formula is C13H22O6. The average molecular weight is 274 g/mol. The lowest BCUT2D eigenvalue weighted by Crippen LogP contribution is -2.47. The lowest BCUT2D eigenvalue weighted by molar-refractivity contribution is -0.164. The third-order valence-electron chi connectivity index (χ3n) is 3.30. The first-order valence-corrected chi connectivity index (χ1v) is 6.59. The van der Waals surface area contributed by atoms with Crippen LogP contribution in [0.3, 0.4) is 0 Å². The third kappa shape index (κ3) is 3.73. The van der Waals surface area contributed by atoms with Crippen LogP contribution in [0.1, 0.15) is 26.7 Å². The fourth-order valence-electron chi connectivity index (χ4n) is 2.61. The maximum atomic E-state index is 11.0. The summed E-state index contributed by atoms with van der Waals surface area (Å²) in [4.78, 5) is 11.0. The zero-order valence-electron chi connectivity index (χ0n) is 11.7. The first-order valence-electron chi connectivity index (χ1n) is 6.59. The van der Waals surface area contributed by atoms with Gasteiger partial charge in [0.2, 0.25) is 0 Å². The minimum absolute atomic E-state index is 0.0913. The number of carbonyl (C=O) groups is 1. The average Bonchev–Trinajstić information content (AvgIpc) is 2.68. The van der Waals surface area contributed by atoms with Gasteiger partial charge in [0, 0.05) is 13.5 Å². The maximum Gasteiger partial charge on any atom is 0.163 e. The minimum atomic E-state index is -0.623. The highest BCUT2D eigenvalue weighted by atomic mass is 16.8. The van der Waals surface area contributed by atoms with Gasteiger partial charge < -0.3 is 28.5 Å². The lowest BCUT2D eigenvalue weighted by Gasteiger charge is -2.34. The van der Waals surface area contributed by atoms with Gasteiger partial charge in [0.05, 0.1) is 18.8 Å². The first kappa shape index (κ1) is 14.9. The molecule has 0 aromatic rings. The molecule has 6 heteroatoms. The molecule has 0 aromatic heterocycles. The third-order valence-corrected chi connectivity index (χ3v) is 3.30. The van der Waals surface area contributed by atoms with E-state index in [1.807, 2.05) is 13.8 Å². The van der Waals surface area contributed by atoms with Crippen LogP contribution in [-0.4, -0.2) is 57.0 Å². The van der Waals surface area contributed by atoms with E-state index in [0.29, 0.717) is 19.4 Å². The molecule has 0 amide bonds. The Bertz CT molecular complexity index is 306. The van der Waals surface area contributed by atoms with Crippen LogP contribution in [0.25, 0.3) is 0 Å². The number of methoxy groups -OCH3 is 1. The molecule has 0 saturated carbocycles. The highest BCUT2D eigenvalue weighted by Crippen LogP contribution is 2.37. The van der Waals surface area contributed by atoms with E-state index in [4.69, 9.17) is 23.7 Å². The molecule has 0 N–H and O–H groups in total. The molecule has 2 heterocycles. The van der Waals surface area contributed by atoms with Gasteiger partial charge in [-0.3, -0.25) is 0 Å². The van der Waals surface area contributed by atoms with Crippen molar-refractivity contribution in [2.45, 2.75) is 56.9 Å². The number of hydrogen-bond donors (Lipinski definition) is 0. The summed E-state index contributed by atoms with van der Waals surface area (Å²) < 4.78 is 27.5. The van der Waals surface area contributed by atoms with Crippen molar-refractivity contribution in [2.24, 2.45) is 0 Å². The van der Waals surface area contributed by atoms with Crippen molar-refractivity contribution in [1.29, 1.82) is 0 Å². The number of ether oxygens (including phenoxy) is 5. The minimum Gasteiger partial charge on any atom is -0.365 e. The molecule has 0 spiro atoms. The number of hydrogen-bond acceptors (Lipinski definition) is 6. The van der Waals surface area contributed by atoms with Gasteiger partial charge in [-0.1, -0.05) is 0 Å². The molecule has 0 radical (unpaired) electrons. The topological polar surface area (TPSA) is 63.2 Å². The summed E-state index contributed by atoms with van der Waals surface area (Å²) in [6.07, 6.45) is 1.18. The van der Waals surface area contributed by atoms with Crippen LogP contribution >= 0.6 is 0 Å². The van der Waals surface area contributed by atoms with Crippen molar-refractivity contribution in [2.75, 3.05) is 20.5 Å². The highest BCUT2D eigenvalue weighted by Gasteiger charge is 2.49. The molecule has 0 aromatic carbocycles. The van der Waals surface area contributed by atoms with Gasteiger partial charge in [0.1, 0.15) is 25.3 Å². The second-order valence-corrected chi connectivity index (χ2v) is 5.33. The van der Waals surface area contributed by atoms with E-state index in [0.717, 1.165) is 6.29 Å². The van der Waals surface area contributed by atoms with E-state index < -0.39 is 11.9 Å². The monoisotopic (exact) mass is 274 g/mol. The Morgan fingerprint density at radius 2 is 2.16 bits per heavy atom. The summed E-state index contributed by atoms with van der Waals surface area (Å²) in [5.41, 5.74) is 0. The van der Waals surface area contributed by atoms with Crippen LogP contribution in [0.15, 0.2) is 0 Å². The summed E-state index contributed by atoms with van der Waals surface area (Å²) in [6.45, 7) is 4.50. The van der Waals surface area contributed by atoms with Gasteiger partial charge in [-0.25, -0.2) is 0 Å². The number of carbonyl (C=O) groups excluding carboxylic acids is 1. The van der Waals surface area contributed by atoms with Crippen LogP contribution in [0, 0.1) is 0 Å². The highest BCUT2D eigenvalue weighted by molar-refractivity contribution is 5.56. The molecule has 0 bridgehead atoms. The number of fused-ring (bicyclic) bond motifs is 1. The Morgan fingerprint density at radius 3 is 2.84 bits per heavy atom. The Hall–Kier alpha value is -0.530. The molecule has 110 valence electrons. The molecule has 2 rings (SSSR count). The Labute approximate surface area is 113 Å². The van der Waals surface area contributed by atoms with E-state index in [9.17, 15) is 4.79 Å². The largest absolute Gasteiger partial charge is 0.365 e.